The monoisotopic (exact) mass is 300 g/mol. The Labute approximate surface area is 118 Å². The summed E-state index contributed by atoms with van der Waals surface area (Å²) < 4.78 is 21.8. The van der Waals surface area contributed by atoms with E-state index < -0.39 is 9.84 Å². The summed E-state index contributed by atoms with van der Waals surface area (Å²) >= 11 is 4.81. The normalized spacial score (nSPS) is 11.0. The fourth-order valence-electron chi connectivity index (χ4n) is 1.42. The molecule has 0 radical (unpaired) electrons. The number of carbonyl (C=O) groups is 1. The highest BCUT2D eigenvalue weighted by Gasteiger charge is 2.06. The summed E-state index contributed by atoms with van der Waals surface area (Å²) in [5, 5.41) is 2.65. The van der Waals surface area contributed by atoms with Gasteiger partial charge < -0.3 is 11.1 Å². The molecule has 0 bridgehead atoms. The first kappa shape index (κ1) is 15.6. The quantitative estimate of drug-likeness (QED) is 0.589. The molecule has 0 aliphatic rings. The first-order valence-electron chi connectivity index (χ1n) is 5.65. The average molecular weight is 300 g/mol. The van der Waals surface area contributed by atoms with Gasteiger partial charge in [0.15, 0.2) is 0 Å². The van der Waals surface area contributed by atoms with Crippen molar-refractivity contribution < 1.29 is 13.2 Å². The summed E-state index contributed by atoms with van der Waals surface area (Å²) in [7, 11) is -2.98. The number of hydrogen-bond donors (Lipinski definition) is 2. The van der Waals surface area contributed by atoms with E-state index in [0.29, 0.717) is 24.1 Å². The van der Waals surface area contributed by atoms with Crippen molar-refractivity contribution in [2.75, 3.05) is 18.6 Å². The Balaban J connectivity index is 2.48. The number of hydrogen-bond acceptors (Lipinski definition) is 4. The lowest BCUT2D eigenvalue weighted by Gasteiger charge is -2.05. The average Bonchev–Trinajstić information content (AvgIpc) is 2.33. The minimum absolute atomic E-state index is 0.0632. The number of carbonyl (C=O) groups excluding carboxylic acids is 1. The van der Waals surface area contributed by atoms with Crippen LogP contribution in [0.25, 0.3) is 0 Å². The standard InChI is InChI=1S/C12H16N2O3S2/c1-19(16,17)8-2-7-14-12(15)10-5-3-9(4-6-10)11(13)18/h3-6H,2,7-8H2,1H3,(H2,13,18)(H,14,15). The maximum atomic E-state index is 11.7. The highest BCUT2D eigenvalue weighted by Crippen LogP contribution is 2.04. The Morgan fingerprint density at radius 2 is 1.79 bits per heavy atom. The van der Waals surface area contributed by atoms with E-state index in [1.807, 2.05) is 0 Å². The largest absolute Gasteiger partial charge is 0.389 e. The minimum atomic E-state index is -2.98. The van der Waals surface area contributed by atoms with Gasteiger partial charge in [-0.15, -0.1) is 0 Å². The van der Waals surface area contributed by atoms with E-state index in [1.54, 1.807) is 24.3 Å². The van der Waals surface area contributed by atoms with Gasteiger partial charge in [0.1, 0.15) is 14.8 Å². The molecule has 3 N–H and O–H groups in total. The number of nitrogens with one attached hydrogen (secondary N) is 1. The molecule has 1 rings (SSSR count). The summed E-state index contributed by atoms with van der Waals surface area (Å²) in [5.74, 6) is -0.184. The zero-order valence-corrected chi connectivity index (χ0v) is 12.2. The molecule has 0 aliphatic heterocycles. The summed E-state index contributed by atoms with van der Waals surface area (Å²) in [4.78, 5) is 12.0. The lowest BCUT2D eigenvalue weighted by Crippen LogP contribution is -2.26. The van der Waals surface area contributed by atoms with Crippen molar-refractivity contribution in [1.29, 1.82) is 0 Å². The van der Waals surface area contributed by atoms with Gasteiger partial charge in [0, 0.05) is 23.9 Å². The van der Waals surface area contributed by atoms with Crippen LogP contribution >= 0.6 is 12.2 Å². The van der Waals surface area contributed by atoms with Gasteiger partial charge in [-0.05, 0) is 18.6 Å². The van der Waals surface area contributed by atoms with Crippen molar-refractivity contribution in [3.8, 4) is 0 Å². The lowest BCUT2D eigenvalue weighted by atomic mass is 10.1. The Morgan fingerprint density at radius 3 is 2.26 bits per heavy atom. The first-order valence-corrected chi connectivity index (χ1v) is 8.12. The van der Waals surface area contributed by atoms with Crippen LogP contribution in [0.15, 0.2) is 24.3 Å². The van der Waals surface area contributed by atoms with E-state index in [2.05, 4.69) is 5.32 Å². The zero-order valence-electron chi connectivity index (χ0n) is 10.5. The van der Waals surface area contributed by atoms with Crippen molar-refractivity contribution in [2.45, 2.75) is 6.42 Å². The van der Waals surface area contributed by atoms with Crippen LogP contribution in [0.5, 0.6) is 0 Å². The number of nitrogens with two attached hydrogens (primary N) is 1. The second-order valence-electron chi connectivity index (χ2n) is 4.18. The van der Waals surface area contributed by atoms with Crippen LogP contribution in [-0.4, -0.2) is 37.9 Å². The lowest BCUT2D eigenvalue weighted by molar-refractivity contribution is 0.0953. The topological polar surface area (TPSA) is 89.3 Å². The molecule has 7 heteroatoms. The van der Waals surface area contributed by atoms with Gasteiger partial charge >= 0.3 is 0 Å². The second kappa shape index (κ2) is 6.63. The van der Waals surface area contributed by atoms with Gasteiger partial charge in [-0.1, -0.05) is 24.4 Å². The third kappa shape index (κ3) is 5.80. The Hall–Kier alpha value is -1.47. The fraction of sp³-hybridized carbons (Fsp3) is 0.333. The van der Waals surface area contributed by atoms with E-state index in [1.165, 1.54) is 6.26 Å². The van der Waals surface area contributed by atoms with E-state index >= 15 is 0 Å². The van der Waals surface area contributed by atoms with Crippen LogP contribution in [0.3, 0.4) is 0 Å². The van der Waals surface area contributed by atoms with Gasteiger partial charge in [-0.25, -0.2) is 8.42 Å². The predicted octanol–water partition coefficient (Wildman–Crippen LogP) is 0.485. The molecule has 1 amide bonds. The predicted molar refractivity (Wildman–Crippen MR) is 79.0 cm³/mol. The van der Waals surface area contributed by atoms with Gasteiger partial charge in [-0.2, -0.15) is 0 Å². The third-order valence-corrected chi connectivity index (χ3v) is 3.68. The van der Waals surface area contributed by atoms with Gasteiger partial charge in [0.25, 0.3) is 5.91 Å². The number of amides is 1. The highest BCUT2D eigenvalue weighted by molar-refractivity contribution is 7.90. The number of thiocarbonyl (C=S) groups is 1. The van der Waals surface area contributed by atoms with Gasteiger partial charge in [0.05, 0.1) is 5.75 Å². The molecule has 19 heavy (non-hydrogen) atoms. The molecule has 104 valence electrons. The van der Waals surface area contributed by atoms with E-state index in [9.17, 15) is 13.2 Å². The molecule has 0 fully saturated rings. The molecule has 5 nitrogen and oxygen atoms in total. The SMILES string of the molecule is CS(=O)(=O)CCCNC(=O)c1ccc(C(N)=S)cc1. The van der Waals surface area contributed by atoms with Crippen LogP contribution < -0.4 is 11.1 Å². The third-order valence-electron chi connectivity index (χ3n) is 2.41. The van der Waals surface area contributed by atoms with Crippen molar-refractivity contribution in [2.24, 2.45) is 5.73 Å². The molecular weight excluding hydrogens is 284 g/mol. The summed E-state index contributed by atoms with van der Waals surface area (Å²) in [6, 6.07) is 6.60. The molecule has 0 heterocycles. The molecule has 0 saturated carbocycles. The highest BCUT2D eigenvalue weighted by atomic mass is 32.2. The Kier molecular flexibility index (Phi) is 5.44. The van der Waals surface area contributed by atoms with E-state index in [4.69, 9.17) is 18.0 Å². The Morgan fingerprint density at radius 1 is 1.26 bits per heavy atom. The van der Waals surface area contributed by atoms with Crippen LogP contribution in [0.4, 0.5) is 0 Å². The molecule has 0 unspecified atom stereocenters. The van der Waals surface area contributed by atoms with Crippen molar-refractivity contribution in [3.05, 3.63) is 35.4 Å². The zero-order chi connectivity index (χ0) is 14.5. The van der Waals surface area contributed by atoms with E-state index in [-0.39, 0.29) is 16.6 Å². The second-order valence-corrected chi connectivity index (χ2v) is 6.88. The van der Waals surface area contributed by atoms with Gasteiger partial charge in [-0.3, -0.25) is 4.79 Å². The molecule has 0 saturated heterocycles. The summed E-state index contributed by atoms with van der Waals surface area (Å²) in [6.45, 7) is 0.322. The van der Waals surface area contributed by atoms with E-state index in [0.717, 1.165) is 0 Å². The fourth-order valence-corrected chi connectivity index (χ4v) is 2.23. The maximum Gasteiger partial charge on any atom is 0.251 e. The van der Waals surface area contributed by atoms with Crippen LogP contribution in [0.1, 0.15) is 22.3 Å². The number of sulfone groups is 1. The number of rotatable bonds is 6. The summed E-state index contributed by atoms with van der Waals surface area (Å²) in [6.07, 6.45) is 1.57. The van der Waals surface area contributed by atoms with Gasteiger partial charge in [0.2, 0.25) is 0 Å². The van der Waals surface area contributed by atoms with Crippen LogP contribution in [-0.2, 0) is 9.84 Å². The smallest absolute Gasteiger partial charge is 0.251 e. The molecule has 0 aliphatic carbocycles. The number of benzene rings is 1. The molecule has 1 aromatic rings. The van der Waals surface area contributed by atoms with Crippen molar-refractivity contribution >= 4 is 33.0 Å². The first-order chi connectivity index (χ1) is 8.79. The van der Waals surface area contributed by atoms with Crippen molar-refractivity contribution in [1.82, 2.24) is 5.32 Å². The van der Waals surface area contributed by atoms with Crippen LogP contribution in [0.2, 0.25) is 0 Å². The molecular formula is C12H16N2O3S2. The maximum absolute atomic E-state index is 11.7. The molecule has 1 aromatic carbocycles. The Bertz CT molecular complexity index is 565. The molecule has 0 spiro atoms. The van der Waals surface area contributed by atoms with Crippen molar-refractivity contribution in [3.63, 3.8) is 0 Å². The van der Waals surface area contributed by atoms with Crippen LogP contribution in [0, 0.1) is 0 Å². The molecule has 0 aromatic heterocycles. The summed E-state index contributed by atoms with van der Waals surface area (Å²) in [5.41, 5.74) is 6.64. The molecule has 0 atom stereocenters. The minimum Gasteiger partial charge on any atom is -0.389 e.